The Morgan fingerprint density at radius 3 is 2.57 bits per heavy atom. The second-order valence-electron chi connectivity index (χ2n) is 4.78. The summed E-state index contributed by atoms with van der Waals surface area (Å²) >= 11 is 0. The Hall–Kier alpha value is -2.10. The minimum absolute atomic E-state index is 0.190. The van der Waals surface area contributed by atoms with Gasteiger partial charge in [0.1, 0.15) is 5.76 Å². The van der Waals surface area contributed by atoms with Gasteiger partial charge in [0.15, 0.2) is 0 Å². The van der Waals surface area contributed by atoms with E-state index in [4.69, 9.17) is 9.68 Å². The van der Waals surface area contributed by atoms with Gasteiger partial charge in [0.05, 0.1) is 23.6 Å². The first-order chi connectivity index (χ1) is 9.94. The minimum Gasteiger partial charge on any atom is -0.469 e. The normalized spacial score (nSPS) is 11.5. The molecule has 0 aliphatic carbocycles. The van der Waals surface area contributed by atoms with Crippen molar-refractivity contribution in [3.8, 4) is 6.07 Å². The van der Waals surface area contributed by atoms with Crippen LogP contribution in [0.15, 0.2) is 41.0 Å². The summed E-state index contributed by atoms with van der Waals surface area (Å²) in [5.41, 5.74) is 1.72. The molecule has 0 bridgehead atoms. The average molecular weight is 304 g/mol. The van der Waals surface area contributed by atoms with Crippen molar-refractivity contribution in [3.63, 3.8) is 0 Å². The smallest absolute Gasteiger partial charge is 0.218 e. The van der Waals surface area contributed by atoms with E-state index >= 15 is 0 Å². The second kappa shape index (κ2) is 6.12. The van der Waals surface area contributed by atoms with Gasteiger partial charge >= 0.3 is 0 Å². The average Bonchev–Trinajstić information content (AvgIpc) is 2.84. The lowest BCUT2D eigenvalue weighted by Gasteiger charge is -2.17. The molecule has 0 aliphatic rings. The number of sulfonamides is 1. The van der Waals surface area contributed by atoms with Crippen molar-refractivity contribution >= 4 is 10.0 Å². The molecule has 6 heteroatoms. The van der Waals surface area contributed by atoms with Gasteiger partial charge in [-0.25, -0.2) is 12.7 Å². The van der Waals surface area contributed by atoms with Crippen LogP contribution in [0.2, 0.25) is 0 Å². The van der Waals surface area contributed by atoms with Crippen molar-refractivity contribution in [2.24, 2.45) is 0 Å². The van der Waals surface area contributed by atoms with Gasteiger partial charge in [0.2, 0.25) is 10.0 Å². The van der Waals surface area contributed by atoms with E-state index in [1.807, 2.05) is 6.07 Å². The Morgan fingerprint density at radius 1 is 1.24 bits per heavy atom. The van der Waals surface area contributed by atoms with Gasteiger partial charge in [-0.15, -0.1) is 0 Å². The third-order valence-electron chi connectivity index (χ3n) is 3.31. The predicted octanol–water partition coefficient (Wildman–Crippen LogP) is 2.42. The van der Waals surface area contributed by atoms with Crippen LogP contribution in [0.1, 0.15) is 22.5 Å². The lowest BCUT2D eigenvalue weighted by Crippen LogP contribution is -2.28. The van der Waals surface area contributed by atoms with Gasteiger partial charge < -0.3 is 4.42 Å². The third kappa shape index (κ3) is 3.51. The molecule has 0 saturated carbocycles. The molecule has 0 N–H and O–H groups in total. The van der Waals surface area contributed by atoms with E-state index in [0.717, 1.165) is 5.56 Å². The molecular formula is C15H16N2O3S. The molecule has 0 amide bonds. The summed E-state index contributed by atoms with van der Waals surface area (Å²) in [6.07, 6.45) is 1.54. The highest BCUT2D eigenvalue weighted by Gasteiger charge is 2.21. The highest BCUT2D eigenvalue weighted by molar-refractivity contribution is 7.88. The molecule has 2 rings (SSSR count). The monoisotopic (exact) mass is 304 g/mol. The Bertz CT molecular complexity index is 772. The first-order valence-corrected chi connectivity index (χ1v) is 8.00. The lowest BCUT2D eigenvalue weighted by molar-refractivity contribution is 0.458. The van der Waals surface area contributed by atoms with E-state index in [1.54, 1.807) is 37.3 Å². The Labute approximate surface area is 124 Å². The zero-order valence-electron chi connectivity index (χ0n) is 11.9. The zero-order valence-corrected chi connectivity index (χ0v) is 12.7. The van der Waals surface area contributed by atoms with Gasteiger partial charge in [0, 0.05) is 19.2 Å². The number of furan rings is 1. The van der Waals surface area contributed by atoms with E-state index in [9.17, 15) is 8.42 Å². The van der Waals surface area contributed by atoms with Crippen LogP contribution in [0.25, 0.3) is 0 Å². The van der Waals surface area contributed by atoms with Crippen molar-refractivity contribution in [1.29, 1.82) is 5.26 Å². The van der Waals surface area contributed by atoms with Gasteiger partial charge in [-0.3, -0.25) is 0 Å². The molecule has 0 saturated heterocycles. The summed E-state index contributed by atoms with van der Waals surface area (Å²) in [6, 6.07) is 10.5. The van der Waals surface area contributed by atoms with Gasteiger partial charge in [-0.1, -0.05) is 18.2 Å². The maximum Gasteiger partial charge on any atom is 0.218 e. The van der Waals surface area contributed by atoms with E-state index in [-0.39, 0.29) is 12.3 Å². The standard InChI is InChI=1S/C15H16N2O3S/c1-12-14(7-8-20-12)10-17(2)21(18,19)11-15-6-4-3-5-13(15)9-16/h3-8H,10-11H2,1-2H3. The molecule has 0 aliphatic heterocycles. The largest absolute Gasteiger partial charge is 0.469 e. The Kier molecular flexibility index (Phi) is 4.46. The van der Waals surface area contributed by atoms with Crippen LogP contribution in [0.4, 0.5) is 0 Å². The molecule has 110 valence electrons. The van der Waals surface area contributed by atoms with Crippen molar-refractivity contribution in [2.45, 2.75) is 19.2 Å². The topological polar surface area (TPSA) is 74.3 Å². The van der Waals surface area contributed by atoms with Crippen molar-refractivity contribution < 1.29 is 12.8 Å². The van der Waals surface area contributed by atoms with Crippen LogP contribution in [0.3, 0.4) is 0 Å². The summed E-state index contributed by atoms with van der Waals surface area (Å²) in [7, 11) is -1.97. The molecule has 2 aromatic rings. The van der Waals surface area contributed by atoms with E-state index in [0.29, 0.717) is 16.9 Å². The molecule has 1 aromatic heterocycles. The fraction of sp³-hybridized carbons (Fsp3) is 0.267. The summed E-state index contributed by atoms with van der Waals surface area (Å²) < 4.78 is 31.2. The van der Waals surface area contributed by atoms with E-state index < -0.39 is 10.0 Å². The van der Waals surface area contributed by atoms with Crippen LogP contribution in [0.5, 0.6) is 0 Å². The SMILES string of the molecule is Cc1occc1CN(C)S(=O)(=O)Cc1ccccc1C#N. The molecule has 21 heavy (non-hydrogen) atoms. The first-order valence-electron chi connectivity index (χ1n) is 6.39. The quantitative estimate of drug-likeness (QED) is 0.850. The van der Waals surface area contributed by atoms with Gasteiger partial charge in [-0.2, -0.15) is 5.26 Å². The van der Waals surface area contributed by atoms with Crippen molar-refractivity contribution in [2.75, 3.05) is 7.05 Å². The molecule has 5 nitrogen and oxygen atoms in total. The maximum absolute atomic E-state index is 12.4. The highest BCUT2D eigenvalue weighted by atomic mass is 32.2. The second-order valence-corrected chi connectivity index (χ2v) is 6.86. The first kappa shape index (κ1) is 15.3. The summed E-state index contributed by atoms with van der Waals surface area (Å²) in [4.78, 5) is 0. The number of aryl methyl sites for hydroxylation is 1. The van der Waals surface area contributed by atoms with E-state index in [2.05, 4.69) is 0 Å². The molecule has 1 aromatic carbocycles. The fourth-order valence-corrected chi connectivity index (χ4v) is 3.18. The van der Waals surface area contributed by atoms with Crippen LogP contribution >= 0.6 is 0 Å². The molecule has 0 atom stereocenters. The lowest BCUT2D eigenvalue weighted by atomic mass is 10.1. The van der Waals surface area contributed by atoms with Crippen LogP contribution < -0.4 is 0 Å². The van der Waals surface area contributed by atoms with Crippen molar-refractivity contribution in [3.05, 3.63) is 59.0 Å². The Morgan fingerprint density at radius 2 is 1.95 bits per heavy atom. The third-order valence-corrected chi connectivity index (χ3v) is 5.06. The molecule has 0 spiro atoms. The number of benzene rings is 1. The maximum atomic E-state index is 12.4. The van der Waals surface area contributed by atoms with Crippen LogP contribution in [0, 0.1) is 18.3 Å². The van der Waals surface area contributed by atoms with Crippen molar-refractivity contribution in [1.82, 2.24) is 4.31 Å². The van der Waals surface area contributed by atoms with E-state index in [1.165, 1.54) is 17.6 Å². The zero-order chi connectivity index (χ0) is 15.5. The van der Waals surface area contributed by atoms with Gasteiger partial charge in [-0.05, 0) is 24.6 Å². The number of hydrogen-bond acceptors (Lipinski definition) is 4. The van der Waals surface area contributed by atoms with Gasteiger partial charge in [0.25, 0.3) is 0 Å². The number of nitrogens with zero attached hydrogens (tertiary/aromatic N) is 2. The van der Waals surface area contributed by atoms with Crippen LogP contribution in [-0.2, 0) is 22.3 Å². The fourth-order valence-electron chi connectivity index (χ4n) is 1.98. The summed E-state index contributed by atoms with van der Waals surface area (Å²) in [5.74, 6) is 0.513. The molecule has 0 fully saturated rings. The molecular weight excluding hydrogens is 288 g/mol. The summed E-state index contributed by atoms with van der Waals surface area (Å²) in [6.45, 7) is 2.04. The number of nitriles is 1. The Balaban J connectivity index is 2.18. The van der Waals surface area contributed by atoms with Crippen LogP contribution in [-0.4, -0.2) is 19.8 Å². The molecule has 0 radical (unpaired) electrons. The number of rotatable bonds is 5. The number of hydrogen-bond donors (Lipinski definition) is 0. The molecule has 1 heterocycles. The minimum atomic E-state index is -3.50. The highest BCUT2D eigenvalue weighted by Crippen LogP contribution is 2.17. The molecule has 0 unspecified atom stereocenters. The summed E-state index contributed by atoms with van der Waals surface area (Å²) in [5, 5.41) is 9.03. The predicted molar refractivity (Wildman–Crippen MR) is 78.7 cm³/mol.